The van der Waals surface area contributed by atoms with Crippen molar-refractivity contribution >= 4 is 17.7 Å². The number of carbonyl (C=O) groups excluding carboxylic acids is 1. The van der Waals surface area contributed by atoms with Gasteiger partial charge in [0.15, 0.2) is 0 Å². The van der Waals surface area contributed by atoms with Crippen LogP contribution >= 0.6 is 11.8 Å². The van der Waals surface area contributed by atoms with Gasteiger partial charge in [0.2, 0.25) is 5.91 Å². The molecule has 3 nitrogen and oxygen atoms in total. The lowest BCUT2D eigenvalue weighted by Gasteiger charge is -2.08. The van der Waals surface area contributed by atoms with Crippen molar-refractivity contribution in [2.75, 3.05) is 24.7 Å². The fourth-order valence-corrected chi connectivity index (χ4v) is 1.43. The molecule has 0 saturated carbocycles. The second kappa shape index (κ2) is 8.38. The summed E-state index contributed by atoms with van der Waals surface area (Å²) in [5, 5.41) is 11.5. The molecule has 0 aliphatic heterocycles. The van der Waals surface area contributed by atoms with Gasteiger partial charge in [0.1, 0.15) is 0 Å². The van der Waals surface area contributed by atoms with Crippen molar-refractivity contribution in [3.8, 4) is 0 Å². The lowest BCUT2D eigenvalue weighted by Crippen LogP contribution is -2.30. The summed E-state index contributed by atoms with van der Waals surface area (Å²) in [6.45, 7) is 4.70. The van der Waals surface area contributed by atoms with E-state index >= 15 is 0 Å². The molecule has 0 saturated heterocycles. The topological polar surface area (TPSA) is 49.3 Å². The Morgan fingerprint density at radius 2 is 2.31 bits per heavy atom. The van der Waals surface area contributed by atoms with E-state index in [1.54, 1.807) is 11.8 Å². The minimum absolute atomic E-state index is 0.0683. The first-order valence-electron chi connectivity index (χ1n) is 4.66. The molecule has 0 rings (SSSR count). The van der Waals surface area contributed by atoms with E-state index in [-0.39, 0.29) is 18.4 Å². The molecule has 0 fully saturated rings. The molecule has 78 valence electrons. The molecule has 0 heterocycles. The Hall–Kier alpha value is -0.220. The van der Waals surface area contributed by atoms with Gasteiger partial charge in [-0.15, -0.1) is 0 Å². The summed E-state index contributed by atoms with van der Waals surface area (Å²) in [5.74, 6) is 1.79. The zero-order valence-electron chi connectivity index (χ0n) is 8.38. The van der Waals surface area contributed by atoms with Crippen LogP contribution in [0.1, 0.15) is 20.3 Å². The summed E-state index contributed by atoms with van der Waals surface area (Å²) in [4.78, 5) is 11.1. The monoisotopic (exact) mass is 205 g/mol. The average Bonchev–Trinajstić information content (AvgIpc) is 2.14. The highest BCUT2D eigenvalue weighted by Crippen LogP contribution is 2.00. The van der Waals surface area contributed by atoms with Crippen LogP contribution < -0.4 is 5.32 Å². The van der Waals surface area contributed by atoms with E-state index < -0.39 is 0 Å². The molecule has 0 aromatic carbocycles. The maximum absolute atomic E-state index is 11.1. The van der Waals surface area contributed by atoms with E-state index in [1.165, 1.54) is 0 Å². The molecule has 0 aliphatic carbocycles. The van der Waals surface area contributed by atoms with Gasteiger partial charge in [-0.2, -0.15) is 11.8 Å². The molecular weight excluding hydrogens is 186 g/mol. The minimum atomic E-state index is 0.0683. The zero-order chi connectivity index (χ0) is 10.1. The molecule has 0 bridgehead atoms. The van der Waals surface area contributed by atoms with Crippen molar-refractivity contribution in [2.24, 2.45) is 5.92 Å². The van der Waals surface area contributed by atoms with Gasteiger partial charge in [0, 0.05) is 13.2 Å². The lowest BCUT2D eigenvalue weighted by molar-refractivity contribution is -0.118. The Kier molecular flexibility index (Phi) is 8.24. The van der Waals surface area contributed by atoms with Crippen LogP contribution in [0.2, 0.25) is 0 Å². The summed E-state index contributed by atoms with van der Waals surface area (Å²) in [5.41, 5.74) is 0. The van der Waals surface area contributed by atoms with Crippen LogP contribution in [0.5, 0.6) is 0 Å². The highest BCUT2D eigenvalue weighted by atomic mass is 32.2. The minimum Gasteiger partial charge on any atom is -0.396 e. The molecule has 0 spiro atoms. The Bertz CT molecular complexity index is 142. The van der Waals surface area contributed by atoms with E-state index in [0.717, 1.165) is 12.2 Å². The number of aliphatic hydroxyl groups excluding tert-OH is 1. The van der Waals surface area contributed by atoms with Crippen LogP contribution in [0.25, 0.3) is 0 Å². The molecule has 0 radical (unpaired) electrons. The molecular formula is C9H19NO2S. The van der Waals surface area contributed by atoms with Gasteiger partial charge in [0.05, 0.1) is 5.75 Å². The van der Waals surface area contributed by atoms with Gasteiger partial charge in [0.25, 0.3) is 0 Å². The van der Waals surface area contributed by atoms with Gasteiger partial charge in [-0.1, -0.05) is 13.8 Å². The summed E-state index contributed by atoms with van der Waals surface area (Å²) in [6, 6.07) is 0. The Labute approximate surface area is 84.3 Å². The standard InChI is InChI=1S/C9H19NO2S/c1-3-4-13-7-9(12)10-5-8(2)6-11/h8,11H,3-7H2,1-2H3,(H,10,12). The Morgan fingerprint density at radius 1 is 1.62 bits per heavy atom. The van der Waals surface area contributed by atoms with Crippen LogP contribution in [0.15, 0.2) is 0 Å². The maximum atomic E-state index is 11.1. The Morgan fingerprint density at radius 3 is 2.85 bits per heavy atom. The third-order valence-electron chi connectivity index (χ3n) is 1.54. The third-order valence-corrected chi connectivity index (χ3v) is 2.70. The SMILES string of the molecule is CCCSCC(=O)NCC(C)CO. The van der Waals surface area contributed by atoms with E-state index in [9.17, 15) is 4.79 Å². The second-order valence-electron chi connectivity index (χ2n) is 3.14. The van der Waals surface area contributed by atoms with E-state index in [1.807, 2.05) is 6.92 Å². The quantitative estimate of drug-likeness (QED) is 0.606. The fourth-order valence-electron chi connectivity index (χ4n) is 0.713. The molecule has 0 aromatic heterocycles. The zero-order valence-corrected chi connectivity index (χ0v) is 9.19. The number of nitrogens with one attached hydrogen (secondary N) is 1. The van der Waals surface area contributed by atoms with Crippen molar-refractivity contribution in [3.63, 3.8) is 0 Å². The summed E-state index contributed by atoms with van der Waals surface area (Å²) < 4.78 is 0. The van der Waals surface area contributed by atoms with Crippen LogP contribution in [0.3, 0.4) is 0 Å². The lowest BCUT2D eigenvalue weighted by atomic mass is 10.2. The van der Waals surface area contributed by atoms with Gasteiger partial charge in [-0.3, -0.25) is 4.79 Å². The highest BCUT2D eigenvalue weighted by molar-refractivity contribution is 7.99. The van der Waals surface area contributed by atoms with E-state index in [2.05, 4.69) is 12.2 Å². The molecule has 1 unspecified atom stereocenters. The third kappa shape index (κ3) is 8.12. The highest BCUT2D eigenvalue weighted by Gasteiger charge is 2.03. The average molecular weight is 205 g/mol. The number of carbonyl (C=O) groups is 1. The van der Waals surface area contributed by atoms with Crippen molar-refractivity contribution in [3.05, 3.63) is 0 Å². The number of hydrogen-bond acceptors (Lipinski definition) is 3. The van der Waals surface area contributed by atoms with Crippen molar-refractivity contribution in [1.82, 2.24) is 5.32 Å². The van der Waals surface area contributed by atoms with E-state index in [0.29, 0.717) is 12.3 Å². The summed E-state index contributed by atoms with van der Waals surface area (Å²) in [6.07, 6.45) is 1.10. The van der Waals surface area contributed by atoms with Crippen LogP contribution in [-0.4, -0.2) is 35.7 Å². The summed E-state index contributed by atoms with van der Waals surface area (Å²) >= 11 is 1.65. The Balaban J connectivity index is 3.30. The van der Waals surface area contributed by atoms with Gasteiger partial charge >= 0.3 is 0 Å². The maximum Gasteiger partial charge on any atom is 0.230 e. The molecule has 2 N–H and O–H groups in total. The van der Waals surface area contributed by atoms with Crippen molar-refractivity contribution in [1.29, 1.82) is 0 Å². The van der Waals surface area contributed by atoms with E-state index in [4.69, 9.17) is 5.11 Å². The van der Waals surface area contributed by atoms with Crippen molar-refractivity contribution < 1.29 is 9.90 Å². The first-order chi connectivity index (χ1) is 6.20. The van der Waals surface area contributed by atoms with Crippen LogP contribution in [-0.2, 0) is 4.79 Å². The van der Waals surface area contributed by atoms with Crippen LogP contribution in [0, 0.1) is 5.92 Å². The number of thioether (sulfide) groups is 1. The fraction of sp³-hybridized carbons (Fsp3) is 0.889. The van der Waals surface area contributed by atoms with Crippen molar-refractivity contribution in [2.45, 2.75) is 20.3 Å². The number of rotatable bonds is 7. The summed E-state index contributed by atoms with van der Waals surface area (Å²) in [7, 11) is 0. The van der Waals surface area contributed by atoms with Gasteiger partial charge < -0.3 is 10.4 Å². The van der Waals surface area contributed by atoms with Crippen LogP contribution in [0.4, 0.5) is 0 Å². The predicted molar refractivity (Wildman–Crippen MR) is 56.9 cm³/mol. The number of aliphatic hydroxyl groups is 1. The number of hydrogen-bond donors (Lipinski definition) is 2. The molecule has 1 amide bonds. The van der Waals surface area contributed by atoms with Gasteiger partial charge in [-0.05, 0) is 18.1 Å². The predicted octanol–water partition coefficient (Wildman–Crippen LogP) is 0.874. The molecule has 0 aliphatic rings. The first kappa shape index (κ1) is 12.8. The first-order valence-corrected chi connectivity index (χ1v) is 5.81. The normalized spacial score (nSPS) is 12.5. The molecule has 4 heteroatoms. The smallest absolute Gasteiger partial charge is 0.230 e. The number of amides is 1. The van der Waals surface area contributed by atoms with Gasteiger partial charge in [-0.25, -0.2) is 0 Å². The molecule has 1 atom stereocenters. The second-order valence-corrected chi connectivity index (χ2v) is 4.25. The molecule has 13 heavy (non-hydrogen) atoms. The largest absolute Gasteiger partial charge is 0.396 e. The molecule has 0 aromatic rings.